The highest BCUT2D eigenvalue weighted by atomic mass is 15.2. The summed E-state index contributed by atoms with van der Waals surface area (Å²) in [6.45, 7) is 10.8. The molecule has 0 saturated carbocycles. The van der Waals surface area contributed by atoms with E-state index in [-0.39, 0.29) is 0 Å². The SMILES string of the molecule is CCNc1ncnc(N2CC(C)CCC2C)c1C. The molecule has 100 valence electrons. The van der Waals surface area contributed by atoms with E-state index in [0.717, 1.165) is 30.6 Å². The normalized spacial score (nSPS) is 24.1. The molecule has 2 heterocycles. The molecule has 1 saturated heterocycles. The van der Waals surface area contributed by atoms with Crippen molar-refractivity contribution in [1.29, 1.82) is 0 Å². The van der Waals surface area contributed by atoms with Crippen LogP contribution in [0, 0.1) is 12.8 Å². The first kappa shape index (κ1) is 13.1. The molecular weight excluding hydrogens is 224 g/mol. The standard InChI is InChI=1S/C14H24N4/c1-5-15-13-12(4)14(17-9-16-13)18-8-10(2)6-7-11(18)3/h9-11H,5-8H2,1-4H3,(H,15,16,17). The fourth-order valence-electron chi connectivity index (χ4n) is 2.66. The van der Waals surface area contributed by atoms with Gasteiger partial charge in [-0.3, -0.25) is 0 Å². The van der Waals surface area contributed by atoms with Crippen LogP contribution in [0.4, 0.5) is 11.6 Å². The summed E-state index contributed by atoms with van der Waals surface area (Å²) in [5.74, 6) is 2.81. The lowest BCUT2D eigenvalue weighted by Crippen LogP contribution is -2.42. The van der Waals surface area contributed by atoms with Crippen LogP contribution in [0.25, 0.3) is 0 Å². The van der Waals surface area contributed by atoms with E-state index in [9.17, 15) is 0 Å². The molecule has 18 heavy (non-hydrogen) atoms. The summed E-state index contributed by atoms with van der Waals surface area (Å²) in [7, 11) is 0. The molecular formula is C14H24N4. The average molecular weight is 248 g/mol. The number of hydrogen-bond donors (Lipinski definition) is 1. The molecule has 0 amide bonds. The average Bonchev–Trinajstić information content (AvgIpc) is 2.35. The summed E-state index contributed by atoms with van der Waals surface area (Å²) in [5, 5.41) is 3.30. The Morgan fingerprint density at radius 3 is 2.83 bits per heavy atom. The maximum atomic E-state index is 4.50. The topological polar surface area (TPSA) is 41.1 Å². The summed E-state index contributed by atoms with van der Waals surface area (Å²) in [4.78, 5) is 11.3. The van der Waals surface area contributed by atoms with Crippen LogP contribution in [0.2, 0.25) is 0 Å². The molecule has 1 aliphatic heterocycles. The molecule has 4 nitrogen and oxygen atoms in total. The quantitative estimate of drug-likeness (QED) is 0.893. The first-order valence-corrected chi connectivity index (χ1v) is 6.95. The van der Waals surface area contributed by atoms with Gasteiger partial charge in [0.2, 0.25) is 0 Å². The summed E-state index contributed by atoms with van der Waals surface area (Å²) < 4.78 is 0. The second-order valence-electron chi connectivity index (χ2n) is 5.39. The van der Waals surface area contributed by atoms with E-state index < -0.39 is 0 Å². The predicted octanol–water partition coefficient (Wildman–Crippen LogP) is 2.84. The third-order valence-corrected chi connectivity index (χ3v) is 3.79. The summed E-state index contributed by atoms with van der Waals surface area (Å²) in [6, 6.07) is 0.573. The summed E-state index contributed by atoms with van der Waals surface area (Å²) >= 11 is 0. The van der Waals surface area contributed by atoms with Gasteiger partial charge in [-0.15, -0.1) is 0 Å². The maximum Gasteiger partial charge on any atom is 0.137 e. The van der Waals surface area contributed by atoms with Crippen molar-refractivity contribution in [3.8, 4) is 0 Å². The lowest BCUT2D eigenvalue weighted by atomic mass is 9.95. The van der Waals surface area contributed by atoms with Crippen molar-refractivity contribution in [1.82, 2.24) is 9.97 Å². The molecule has 0 radical (unpaired) electrons. The first-order valence-electron chi connectivity index (χ1n) is 6.95. The Hall–Kier alpha value is -1.32. The fraction of sp³-hybridized carbons (Fsp3) is 0.714. The lowest BCUT2D eigenvalue weighted by Gasteiger charge is -2.38. The van der Waals surface area contributed by atoms with E-state index in [1.54, 1.807) is 6.33 Å². The second-order valence-corrected chi connectivity index (χ2v) is 5.39. The Kier molecular flexibility index (Phi) is 4.04. The Morgan fingerprint density at radius 1 is 1.33 bits per heavy atom. The van der Waals surface area contributed by atoms with Gasteiger partial charge in [-0.2, -0.15) is 0 Å². The molecule has 1 N–H and O–H groups in total. The number of nitrogens with zero attached hydrogens (tertiary/aromatic N) is 3. The van der Waals surface area contributed by atoms with E-state index in [4.69, 9.17) is 0 Å². The molecule has 2 atom stereocenters. The molecule has 0 spiro atoms. The molecule has 1 aromatic rings. The van der Waals surface area contributed by atoms with Gasteiger partial charge in [0, 0.05) is 24.7 Å². The van der Waals surface area contributed by atoms with E-state index in [0.29, 0.717) is 6.04 Å². The Balaban J connectivity index is 2.28. The lowest BCUT2D eigenvalue weighted by molar-refractivity contribution is 0.387. The molecule has 1 aliphatic rings. The Labute approximate surface area is 110 Å². The second kappa shape index (κ2) is 5.55. The van der Waals surface area contributed by atoms with E-state index in [1.807, 2.05) is 0 Å². The maximum absolute atomic E-state index is 4.50. The van der Waals surface area contributed by atoms with Gasteiger partial charge in [-0.05, 0) is 39.5 Å². The fourth-order valence-corrected chi connectivity index (χ4v) is 2.66. The highest BCUT2D eigenvalue weighted by molar-refractivity contribution is 5.58. The highest BCUT2D eigenvalue weighted by Crippen LogP contribution is 2.30. The number of rotatable bonds is 3. The number of nitrogens with one attached hydrogen (secondary N) is 1. The van der Waals surface area contributed by atoms with Crippen molar-refractivity contribution in [3.63, 3.8) is 0 Å². The minimum absolute atomic E-state index is 0.573. The van der Waals surface area contributed by atoms with Crippen LogP contribution in [0.15, 0.2) is 6.33 Å². The van der Waals surface area contributed by atoms with Gasteiger partial charge < -0.3 is 10.2 Å². The van der Waals surface area contributed by atoms with Gasteiger partial charge in [0.25, 0.3) is 0 Å². The van der Waals surface area contributed by atoms with Gasteiger partial charge in [0.1, 0.15) is 18.0 Å². The zero-order chi connectivity index (χ0) is 13.1. The molecule has 1 aromatic heterocycles. The number of hydrogen-bond acceptors (Lipinski definition) is 4. The summed E-state index contributed by atoms with van der Waals surface area (Å²) in [6.07, 6.45) is 4.25. The van der Waals surface area contributed by atoms with Gasteiger partial charge in [0.05, 0.1) is 0 Å². The number of aromatic nitrogens is 2. The number of piperidine rings is 1. The molecule has 4 heteroatoms. The van der Waals surface area contributed by atoms with Crippen LogP contribution in [-0.4, -0.2) is 29.1 Å². The molecule has 0 bridgehead atoms. The zero-order valence-electron chi connectivity index (χ0n) is 11.9. The van der Waals surface area contributed by atoms with Crippen molar-refractivity contribution in [2.45, 2.75) is 46.6 Å². The molecule has 2 unspecified atom stereocenters. The van der Waals surface area contributed by atoms with Crippen molar-refractivity contribution in [2.75, 3.05) is 23.3 Å². The third-order valence-electron chi connectivity index (χ3n) is 3.79. The Bertz CT molecular complexity index is 405. The minimum atomic E-state index is 0.573. The smallest absolute Gasteiger partial charge is 0.137 e. The molecule has 0 aliphatic carbocycles. The van der Waals surface area contributed by atoms with Crippen LogP contribution in [-0.2, 0) is 0 Å². The van der Waals surface area contributed by atoms with Gasteiger partial charge in [-0.1, -0.05) is 6.92 Å². The third kappa shape index (κ3) is 2.57. The predicted molar refractivity (Wildman–Crippen MR) is 76.1 cm³/mol. The molecule has 1 fully saturated rings. The van der Waals surface area contributed by atoms with Crippen LogP contribution in [0.1, 0.15) is 39.2 Å². The van der Waals surface area contributed by atoms with E-state index in [2.05, 4.69) is 47.9 Å². The highest BCUT2D eigenvalue weighted by Gasteiger charge is 2.25. The molecule has 2 rings (SSSR count). The van der Waals surface area contributed by atoms with E-state index in [1.165, 1.54) is 18.4 Å². The van der Waals surface area contributed by atoms with Crippen molar-refractivity contribution >= 4 is 11.6 Å². The van der Waals surface area contributed by atoms with Crippen LogP contribution in [0.3, 0.4) is 0 Å². The van der Waals surface area contributed by atoms with Crippen molar-refractivity contribution < 1.29 is 0 Å². The monoisotopic (exact) mass is 248 g/mol. The molecule has 0 aromatic carbocycles. The van der Waals surface area contributed by atoms with E-state index >= 15 is 0 Å². The van der Waals surface area contributed by atoms with Gasteiger partial charge in [-0.25, -0.2) is 9.97 Å². The van der Waals surface area contributed by atoms with Gasteiger partial charge in [0.15, 0.2) is 0 Å². The Morgan fingerprint density at radius 2 is 2.11 bits per heavy atom. The number of anilines is 2. The van der Waals surface area contributed by atoms with Crippen molar-refractivity contribution in [2.24, 2.45) is 5.92 Å². The summed E-state index contributed by atoms with van der Waals surface area (Å²) in [5.41, 5.74) is 1.17. The van der Waals surface area contributed by atoms with Gasteiger partial charge >= 0.3 is 0 Å². The van der Waals surface area contributed by atoms with Crippen LogP contribution in [0.5, 0.6) is 0 Å². The first-order chi connectivity index (χ1) is 8.63. The largest absolute Gasteiger partial charge is 0.370 e. The zero-order valence-corrected chi connectivity index (χ0v) is 11.9. The minimum Gasteiger partial charge on any atom is -0.370 e. The van der Waals surface area contributed by atoms with Crippen molar-refractivity contribution in [3.05, 3.63) is 11.9 Å². The van der Waals surface area contributed by atoms with Crippen LogP contribution >= 0.6 is 0 Å². The van der Waals surface area contributed by atoms with Crippen LogP contribution < -0.4 is 10.2 Å².